The molecule has 92 valence electrons. The SMILES string of the molecule is Cc1cc(C)cc(N2CCC(C#N)(C#N)CC2)c1. The molecule has 0 radical (unpaired) electrons. The number of rotatable bonds is 1. The van der Waals surface area contributed by atoms with Gasteiger partial charge in [-0.2, -0.15) is 10.5 Å². The van der Waals surface area contributed by atoms with Crippen LogP contribution in [0.1, 0.15) is 24.0 Å². The van der Waals surface area contributed by atoms with Crippen molar-refractivity contribution in [3.8, 4) is 12.1 Å². The highest BCUT2D eigenvalue weighted by Crippen LogP contribution is 2.32. The van der Waals surface area contributed by atoms with Crippen molar-refractivity contribution in [2.45, 2.75) is 26.7 Å². The van der Waals surface area contributed by atoms with E-state index in [0.717, 1.165) is 13.1 Å². The van der Waals surface area contributed by atoms with Crippen LogP contribution in [0.3, 0.4) is 0 Å². The third kappa shape index (κ3) is 2.31. The fraction of sp³-hybridized carbons (Fsp3) is 0.467. The van der Waals surface area contributed by atoms with Crippen LogP contribution in [-0.2, 0) is 0 Å². The molecule has 0 N–H and O–H groups in total. The van der Waals surface area contributed by atoms with E-state index in [0.29, 0.717) is 12.8 Å². The van der Waals surface area contributed by atoms with Crippen LogP contribution in [0, 0.1) is 41.9 Å². The minimum Gasteiger partial charge on any atom is -0.371 e. The third-order valence-electron chi connectivity index (χ3n) is 3.62. The molecule has 1 aromatic carbocycles. The fourth-order valence-electron chi connectivity index (χ4n) is 2.53. The second-order valence-electron chi connectivity index (χ2n) is 5.14. The lowest BCUT2D eigenvalue weighted by Gasteiger charge is -2.35. The Morgan fingerprint density at radius 2 is 1.50 bits per heavy atom. The summed E-state index contributed by atoms with van der Waals surface area (Å²) < 4.78 is 0. The van der Waals surface area contributed by atoms with Crippen LogP contribution < -0.4 is 4.90 Å². The number of hydrogen-bond donors (Lipinski definition) is 0. The zero-order valence-corrected chi connectivity index (χ0v) is 10.9. The van der Waals surface area contributed by atoms with E-state index in [1.807, 2.05) is 0 Å². The lowest BCUT2D eigenvalue weighted by atomic mass is 9.81. The Labute approximate surface area is 108 Å². The van der Waals surface area contributed by atoms with Gasteiger partial charge in [0.25, 0.3) is 0 Å². The molecule has 0 bridgehead atoms. The molecule has 0 spiro atoms. The molecule has 18 heavy (non-hydrogen) atoms. The average molecular weight is 239 g/mol. The molecule has 2 rings (SSSR count). The summed E-state index contributed by atoms with van der Waals surface area (Å²) in [5.41, 5.74) is 2.94. The van der Waals surface area contributed by atoms with Crippen molar-refractivity contribution in [3.63, 3.8) is 0 Å². The Balaban J connectivity index is 2.15. The molecule has 0 unspecified atom stereocenters. The number of hydrogen-bond acceptors (Lipinski definition) is 3. The molecule has 0 amide bonds. The zero-order valence-electron chi connectivity index (χ0n) is 10.9. The Morgan fingerprint density at radius 3 is 1.94 bits per heavy atom. The van der Waals surface area contributed by atoms with Crippen LogP contribution in [0.5, 0.6) is 0 Å². The molecule has 1 saturated heterocycles. The first-order valence-corrected chi connectivity index (χ1v) is 6.24. The van der Waals surface area contributed by atoms with Crippen LogP contribution in [0.2, 0.25) is 0 Å². The minimum absolute atomic E-state index is 0.632. The van der Waals surface area contributed by atoms with Crippen molar-refractivity contribution in [3.05, 3.63) is 29.3 Å². The number of anilines is 1. The van der Waals surface area contributed by atoms with Gasteiger partial charge in [-0.15, -0.1) is 0 Å². The molecule has 0 atom stereocenters. The van der Waals surface area contributed by atoms with E-state index in [2.05, 4.69) is 49.1 Å². The van der Waals surface area contributed by atoms with E-state index in [9.17, 15) is 0 Å². The highest BCUT2D eigenvalue weighted by molar-refractivity contribution is 5.51. The molecule has 3 heteroatoms. The lowest BCUT2D eigenvalue weighted by Crippen LogP contribution is -2.38. The number of aryl methyl sites for hydroxylation is 2. The van der Waals surface area contributed by atoms with Gasteiger partial charge in [-0.05, 0) is 49.9 Å². The molecule has 0 aliphatic carbocycles. The molecule has 0 saturated carbocycles. The number of benzene rings is 1. The van der Waals surface area contributed by atoms with Gasteiger partial charge in [0.05, 0.1) is 12.1 Å². The highest BCUT2D eigenvalue weighted by atomic mass is 15.1. The first kappa shape index (κ1) is 12.5. The molecule has 3 nitrogen and oxygen atoms in total. The van der Waals surface area contributed by atoms with E-state index in [1.165, 1.54) is 16.8 Å². The van der Waals surface area contributed by atoms with Crippen LogP contribution in [0.15, 0.2) is 18.2 Å². The van der Waals surface area contributed by atoms with E-state index in [-0.39, 0.29) is 0 Å². The molecule has 1 aliphatic rings. The molecule has 0 aromatic heterocycles. The van der Waals surface area contributed by atoms with Gasteiger partial charge in [0.15, 0.2) is 0 Å². The molecule has 1 fully saturated rings. The summed E-state index contributed by atoms with van der Waals surface area (Å²) >= 11 is 0. The monoisotopic (exact) mass is 239 g/mol. The maximum atomic E-state index is 9.10. The van der Waals surface area contributed by atoms with Crippen molar-refractivity contribution in [1.29, 1.82) is 10.5 Å². The summed E-state index contributed by atoms with van der Waals surface area (Å²) in [6, 6.07) is 10.8. The average Bonchev–Trinajstić information content (AvgIpc) is 2.38. The van der Waals surface area contributed by atoms with Crippen molar-refractivity contribution < 1.29 is 0 Å². The van der Waals surface area contributed by atoms with Gasteiger partial charge in [0.2, 0.25) is 0 Å². The standard InChI is InChI=1S/C15H17N3/c1-12-7-13(2)9-14(8-12)18-5-3-15(10-16,11-17)4-6-18/h7-9H,3-6H2,1-2H3. The quantitative estimate of drug-likeness (QED) is 0.757. The van der Waals surface area contributed by atoms with Gasteiger partial charge in [0.1, 0.15) is 5.41 Å². The van der Waals surface area contributed by atoms with E-state index in [1.54, 1.807) is 0 Å². The number of piperidine rings is 1. The topological polar surface area (TPSA) is 50.8 Å². The largest absolute Gasteiger partial charge is 0.371 e. The normalized spacial score (nSPS) is 17.9. The summed E-state index contributed by atoms with van der Waals surface area (Å²) in [4.78, 5) is 2.27. The Hall–Kier alpha value is -2.00. The summed E-state index contributed by atoms with van der Waals surface area (Å²) in [5.74, 6) is 0. The van der Waals surface area contributed by atoms with Crippen molar-refractivity contribution in [1.82, 2.24) is 0 Å². The van der Waals surface area contributed by atoms with Crippen LogP contribution >= 0.6 is 0 Å². The Morgan fingerprint density at radius 1 is 1.00 bits per heavy atom. The van der Waals surface area contributed by atoms with Gasteiger partial charge in [-0.25, -0.2) is 0 Å². The number of nitriles is 2. The number of nitrogens with zero attached hydrogens (tertiary/aromatic N) is 3. The second kappa shape index (κ2) is 4.70. The molecule has 1 aromatic rings. The van der Waals surface area contributed by atoms with Gasteiger partial charge < -0.3 is 4.90 Å². The van der Waals surface area contributed by atoms with Crippen LogP contribution in [0.25, 0.3) is 0 Å². The van der Waals surface area contributed by atoms with E-state index >= 15 is 0 Å². The Kier molecular flexibility index (Phi) is 3.26. The predicted molar refractivity (Wildman–Crippen MR) is 71.0 cm³/mol. The minimum atomic E-state index is -0.768. The maximum absolute atomic E-state index is 9.10. The smallest absolute Gasteiger partial charge is 0.147 e. The fourth-order valence-corrected chi connectivity index (χ4v) is 2.53. The molecular formula is C15H17N3. The molecule has 1 heterocycles. The molecule has 1 aliphatic heterocycles. The lowest BCUT2D eigenvalue weighted by molar-refractivity contribution is 0.393. The maximum Gasteiger partial charge on any atom is 0.147 e. The van der Waals surface area contributed by atoms with Crippen LogP contribution in [0.4, 0.5) is 5.69 Å². The second-order valence-corrected chi connectivity index (χ2v) is 5.14. The van der Waals surface area contributed by atoms with Gasteiger partial charge in [-0.1, -0.05) is 6.07 Å². The van der Waals surface area contributed by atoms with Crippen LogP contribution in [-0.4, -0.2) is 13.1 Å². The highest BCUT2D eigenvalue weighted by Gasteiger charge is 2.34. The van der Waals surface area contributed by atoms with Crippen molar-refractivity contribution in [2.75, 3.05) is 18.0 Å². The Bertz CT molecular complexity index is 489. The summed E-state index contributed by atoms with van der Waals surface area (Å²) in [5, 5.41) is 18.2. The summed E-state index contributed by atoms with van der Waals surface area (Å²) in [7, 11) is 0. The van der Waals surface area contributed by atoms with E-state index in [4.69, 9.17) is 10.5 Å². The first-order chi connectivity index (χ1) is 8.58. The third-order valence-corrected chi connectivity index (χ3v) is 3.62. The van der Waals surface area contributed by atoms with Gasteiger partial charge in [0, 0.05) is 18.8 Å². The van der Waals surface area contributed by atoms with Gasteiger partial charge in [-0.3, -0.25) is 0 Å². The first-order valence-electron chi connectivity index (χ1n) is 6.24. The van der Waals surface area contributed by atoms with Crippen molar-refractivity contribution in [2.24, 2.45) is 5.41 Å². The summed E-state index contributed by atoms with van der Waals surface area (Å²) in [6.07, 6.45) is 1.26. The predicted octanol–water partition coefficient (Wildman–Crippen LogP) is 2.94. The van der Waals surface area contributed by atoms with E-state index < -0.39 is 5.41 Å². The summed E-state index contributed by atoms with van der Waals surface area (Å²) in [6.45, 7) is 5.75. The zero-order chi connectivity index (χ0) is 13.2. The van der Waals surface area contributed by atoms with Crippen molar-refractivity contribution >= 4 is 5.69 Å². The van der Waals surface area contributed by atoms with Gasteiger partial charge >= 0.3 is 0 Å². The molecular weight excluding hydrogens is 222 g/mol.